The molecule has 134 valence electrons. The molecule has 1 rings (SSSR count). The van der Waals surface area contributed by atoms with Gasteiger partial charge in [0.2, 0.25) is 0 Å². The quantitative estimate of drug-likeness (QED) is 0.446. The number of hydrogen-bond donors (Lipinski definition) is 2. The molecule has 5 nitrogen and oxygen atoms in total. The summed E-state index contributed by atoms with van der Waals surface area (Å²) in [6, 6.07) is 7.49. The third kappa shape index (κ3) is 7.00. The summed E-state index contributed by atoms with van der Waals surface area (Å²) >= 11 is -0.762. The van der Waals surface area contributed by atoms with E-state index in [1.165, 1.54) is 0 Å². The molecule has 0 radical (unpaired) electrons. The van der Waals surface area contributed by atoms with Crippen molar-refractivity contribution in [2.24, 2.45) is 0 Å². The molecule has 0 aromatic heterocycles. The summed E-state index contributed by atoms with van der Waals surface area (Å²) in [7, 11) is 0. The number of rotatable bonds is 12. The second-order valence-corrected chi connectivity index (χ2v) is 7.42. The minimum absolute atomic E-state index is 0.0626. The van der Waals surface area contributed by atoms with Gasteiger partial charge in [-0.15, -0.1) is 0 Å². The molecule has 0 bridgehead atoms. The molecule has 2 N–H and O–H groups in total. The molecular formula is C18H28N2O3S. The van der Waals surface area contributed by atoms with Crippen molar-refractivity contribution in [2.75, 3.05) is 30.8 Å². The van der Waals surface area contributed by atoms with Gasteiger partial charge in [-0.1, -0.05) is 25.0 Å². The van der Waals surface area contributed by atoms with Crippen molar-refractivity contribution in [3.63, 3.8) is 0 Å². The molecule has 0 aliphatic rings. The molecule has 0 fully saturated rings. The van der Waals surface area contributed by atoms with Gasteiger partial charge < -0.3 is 19.7 Å². The molecule has 0 saturated carbocycles. The van der Waals surface area contributed by atoms with E-state index in [0.717, 1.165) is 37.2 Å². The molecule has 1 unspecified atom stereocenters. The highest BCUT2D eigenvalue weighted by Crippen LogP contribution is 2.23. The Labute approximate surface area is 148 Å². The smallest absolute Gasteiger partial charge is 0.139 e. The molecule has 0 heterocycles. The van der Waals surface area contributed by atoms with Gasteiger partial charge in [0, 0.05) is 37.7 Å². The van der Waals surface area contributed by atoms with Gasteiger partial charge in [-0.25, -0.2) is 0 Å². The van der Waals surface area contributed by atoms with Gasteiger partial charge in [0.25, 0.3) is 0 Å². The fourth-order valence-electron chi connectivity index (χ4n) is 2.36. The van der Waals surface area contributed by atoms with E-state index in [4.69, 9.17) is 15.1 Å². The molecule has 24 heavy (non-hydrogen) atoms. The van der Waals surface area contributed by atoms with E-state index in [1.54, 1.807) is 12.1 Å². The molecule has 1 aromatic rings. The first-order valence-corrected chi connectivity index (χ1v) is 9.93. The lowest BCUT2D eigenvalue weighted by molar-refractivity contribution is 0.233. The van der Waals surface area contributed by atoms with Crippen LogP contribution in [0, 0.1) is 11.3 Å². The molecule has 0 aliphatic heterocycles. The van der Waals surface area contributed by atoms with Crippen molar-refractivity contribution in [1.29, 1.82) is 5.26 Å². The van der Waals surface area contributed by atoms with Crippen LogP contribution in [0.15, 0.2) is 18.2 Å². The van der Waals surface area contributed by atoms with Gasteiger partial charge in [-0.2, -0.15) is 5.26 Å². The highest BCUT2D eigenvalue weighted by atomic mass is 32.2. The van der Waals surface area contributed by atoms with Crippen LogP contribution in [0.4, 0.5) is 5.69 Å². The van der Waals surface area contributed by atoms with Gasteiger partial charge in [0.05, 0.1) is 12.2 Å². The van der Waals surface area contributed by atoms with E-state index in [9.17, 15) is 4.55 Å². The van der Waals surface area contributed by atoms with Crippen molar-refractivity contribution < 1.29 is 14.4 Å². The predicted molar refractivity (Wildman–Crippen MR) is 98.8 cm³/mol. The van der Waals surface area contributed by atoms with Crippen LogP contribution in [0.25, 0.3) is 0 Å². The Morgan fingerprint density at radius 3 is 2.83 bits per heavy atom. The lowest BCUT2D eigenvalue weighted by atomic mass is 10.2. The van der Waals surface area contributed by atoms with E-state index in [0.29, 0.717) is 24.3 Å². The van der Waals surface area contributed by atoms with Crippen LogP contribution in [0.3, 0.4) is 0 Å². The second kappa shape index (κ2) is 12.0. The average Bonchev–Trinajstić information content (AvgIpc) is 2.59. The predicted octanol–water partition coefficient (Wildman–Crippen LogP) is 3.06. The van der Waals surface area contributed by atoms with E-state index in [-0.39, 0.29) is 11.9 Å². The Morgan fingerprint density at radius 2 is 2.21 bits per heavy atom. The zero-order valence-corrected chi connectivity index (χ0v) is 15.4. The Morgan fingerprint density at radius 1 is 1.42 bits per heavy atom. The van der Waals surface area contributed by atoms with Crippen LogP contribution in [-0.2, 0) is 11.2 Å². The van der Waals surface area contributed by atoms with Crippen LogP contribution < -0.4 is 10.1 Å². The number of benzene rings is 1. The molecule has 0 aliphatic carbocycles. The van der Waals surface area contributed by atoms with E-state index >= 15 is 0 Å². The Hall–Kier alpha value is -1.42. The van der Waals surface area contributed by atoms with Gasteiger partial charge in [-0.3, -0.25) is 0 Å². The molecule has 0 spiro atoms. The van der Waals surface area contributed by atoms with Crippen molar-refractivity contribution in [3.8, 4) is 11.8 Å². The first-order chi connectivity index (χ1) is 11.7. The first-order valence-electron chi connectivity index (χ1n) is 8.55. The number of hydrogen-bond acceptors (Lipinski definition) is 5. The number of nitrogens with zero attached hydrogens (tertiary/aromatic N) is 1. The van der Waals surface area contributed by atoms with Crippen LogP contribution in [0.1, 0.15) is 45.1 Å². The van der Waals surface area contributed by atoms with Gasteiger partial charge in [0.1, 0.15) is 22.8 Å². The third-order valence-corrected chi connectivity index (χ3v) is 5.81. The maximum atomic E-state index is 12.1. The van der Waals surface area contributed by atoms with Crippen LogP contribution in [0.5, 0.6) is 5.75 Å². The lowest BCUT2D eigenvalue weighted by Gasteiger charge is -2.20. The third-order valence-electron chi connectivity index (χ3n) is 3.69. The monoisotopic (exact) mass is 352 g/mol. The number of nitrogens with one attached hydrogen (secondary N) is 1. The summed E-state index contributed by atoms with van der Waals surface area (Å²) < 4.78 is 17.7. The number of anilines is 1. The fraction of sp³-hybridized carbons (Fsp3) is 0.611. The Bertz CT molecular complexity index is 519. The van der Waals surface area contributed by atoms with Crippen molar-refractivity contribution in [3.05, 3.63) is 23.8 Å². The highest BCUT2D eigenvalue weighted by molar-refractivity contribution is 7.92. The number of aliphatic hydroxyl groups is 1. The van der Waals surface area contributed by atoms with E-state index in [1.807, 2.05) is 6.07 Å². The fourth-order valence-corrected chi connectivity index (χ4v) is 3.85. The lowest BCUT2D eigenvalue weighted by Crippen LogP contribution is -2.25. The number of nitriles is 1. The van der Waals surface area contributed by atoms with Crippen LogP contribution in [0.2, 0.25) is 0 Å². The summed E-state index contributed by atoms with van der Waals surface area (Å²) in [4.78, 5) is 0. The minimum atomic E-state index is -0.762. The zero-order chi connectivity index (χ0) is 17.8. The van der Waals surface area contributed by atoms with Crippen LogP contribution in [-0.4, -0.2) is 40.4 Å². The number of ether oxygens (including phenoxy) is 1. The first kappa shape index (κ1) is 20.6. The molecule has 1 aromatic carbocycles. The summed E-state index contributed by atoms with van der Waals surface area (Å²) in [5, 5.41) is 21.5. The summed E-state index contributed by atoms with van der Waals surface area (Å²) in [6.45, 7) is 5.30. The molecular weight excluding hydrogens is 324 g/mol. The van der Waals surface area contributed by atoms with Crippen LogP contribution >= 0.6 is 0 Å². The van der Waals surface area contributed by atoms with Gasteiger partial charge in [-0.05, 0) is 25.0 Å². The average molecular weight is 353 g/mol. The SMILES string of the molecule is CCC[S+]([O-])[C@H](CC)CCNc1ccc(C#N)c(OCCCO)c1. The normalized spacial score (nSPS) is 13.1. The zero-order valence-electron chi connectivity index (χ0n) is 14.6. The maximum absolute atomic E-state index is 12.1. The minimum Gasteiger partial charge on any atom is -0.616 e. The topological polar surface area (TPSA) is 88.3 Å². The Kier molecular flexibility index (Phi) is 10.3. The standard InChI is InChI=1S/C18H28N2O3S/c1-3-12-24(22)17(4-2)8-9-20-16-7-6-15(14-19)18(13-16)23-11-5-10-21/h6-7,13,17,20-21H,3-5,8-12H2,1-2H3/t17-,24?/m1/s1. The van der Waals surface area contributed by atoms with Crippen molar-refractivity contribution >= 4 is 16.9 Å². The van der Waals surface area contributed by atoms with E-state index in [2.05, 4.69) is 25.2 Å². The van der Waals surface area contributed by atoms with Gasteiger partial charge in [0.15, 0.2) is 0 Å². The summed E-state index contributed by atoms with van der Waals surface area (Å²) in [5.41, 5.74) is 1.36. The maximum Gasteiger partial charge on any atom is 0.139 e. The van der Waals surface area contributed by atoms with Gasteiger partial charge >= 0.3 is 0 Å². The van der Waals surface area contributed by atoms with Crippen molar-refractivity contribution in [2.45, 2.75) is 44.8 Å². The highest BCUT2D eigenvalue weighted by Gasteiger charge is 2.19. The molecule has 6 heteroatoms. The Balaban J connectivity index is 2.58. The number of aliphatic hydroxyl groups excluding tert-OH is 1. The van der Waals surface area contributed by atoms with E-state index < -0.39 is 11.2 Å². The second-order valence-electron chi connectivity index (χ2n) is 5.58. The summed E-state index contributed by atoms with van der Waals surface area (Å²) in [5.74, 6) is 1.29. The molecule has 2 atom stereocenters. The molecule has 0 saturated heterocycles. The molecule has 0 amide bonds. The largest absolute Gasteiger partial charge is 0.616 e. The summed E-state index contributed by atoms with van der Waals surface area (Å²) in [6.07, 6.45) is 3.24. The van der Waals surface area contributed by atoms with Crippen molar-refractivity contribution in [1.82, 2.24) is 0 Å².